The molecule has 0 aliphatic heterocycles. The quantitative estimate of drug-likeness (QED) is 0.337. The average molecular weight is 275 g/mol. The van der Waals surface area contributed by atoms with Crippen molar-refractivity contribution in [1.82, 2.24) is 0 Å². The number of esters is 1. The minimum atomic E-state index is -0.468. The number of aliphatic imine (C=N–C) groups is 1. The van der Waals surface area contributed by atoms with Gasteiger partial charge in [-0.2, -0.15) is 0 Å². The Labute approximate surface area is 141 Å². The minimum Gasteiger partial charge on any atom is -0.478 e. The molecule has 0 fully saturated rings. The monoisotopic (exact) mass is 275 g/mol. The Kier molecular flexibility index (Phi) is 7.09. The zero-order valence-electron chi connectivity index (χ0n) is 11.6. The minimum absolute atomic E-state index is 0. The van der Waals surface area contributed by atoms with Gasteiger partial charge in [0.05, 0.1) is 7.11 Å². The Hall–Kier alpha value is -1.55. The summed E-state index contributed by atoms with van der Waals surface area (Å²) < 4.78 is 4.57. The summed E-state index contributed by atoms with van der Waals surface area (Å²) >= 11 is 0. The van der Waals surface area contributed by atoms with Crippen LogP contribution >= 0.6 is 0 Å². The van der Waals surface area contributed by atoms with Crippen LogP contribution in [0.5, 0.6) is 0 Å². The van der Waals surface area contributed by atoms with E-state index in [4.69, 9.17) is 0 Å². The molecule has 0 radical (unpaired) electrons. The first-order valence-electron chi connectivity index (χ1n) is 5.91. The zero-order chi connectivity index (χ0) is 13.5. The van der Waals surface area contributed by atoms with Crippen LogP contribution in [0.25, 0.3) is 0 Å². The molecule has 2 aromatic rings. The number of nitrogens with zero attached hydrogens (tertiary/aromatic N) is 1. The number of benzene rings is 2. The van der Waals surface area contributed by atoms with Gasteiger partial charge in [0.2, 0.25) is 0 Å². The van der Waals surface area contributed by atoms with Gasteiger partial charge in [-0.3, -0.25) is 4.79 Å². The molecule has 0 N–H and O–H groups in total. The van der Waals surface area contributed by atoms with E-state index in [1.54, 1.807) is 0 Å². The Morgan fingerprint density at radius 2 is 1.40 bits per heavy atom. The molecule has 2 aromatic carbocycles. The second-order valence-electron chi connectivity index (χ2n) is 3.86. The number of carbonyl (C=O) groups is 1. The standard InChI is InChI=1S/C16H14NO2.Na/c1-19-15(18)12-17-16(13-8-4-2-5-9-13)14-10-6-3-7-11-14;/h2-12H,1H3;/q-1;+1. The maximum atomic E-state index is 11.2. The van der Waals surface area contributed by atoms with Gasteiger partial charge in [0.15, 0.2) is 0 Å². The molecule has 20 heavy (non-hydrogen) atoms. The molecule has 4 heteroatoms. The largest absolute Gasteiger partial charge is 1.00 e. The Morgan fingerprint density at radius 3 is 1.80 bits per heavy atom. The first-order chi connectivity index (χ1) is 9.31. The SMILES string of the molecule is COC(=O)[CH-]N=C(c1ccccc1)c1ccccc1.[Na+]. The van der Waals surface area contributed by atoms with Gasteiger partial charge in [0.25, 0.3) is 5.97 Å². The van der Waals surface area contributed by atoms with Crippen LogP contribution in [0.15, 0.2) is 65.7 Å². The van der Waals surface area contributed by atoms with Crippen molar-refractivity contribution in [2.24, 2.45) is 4.99 Å². The number of methoxy groups -OCH3 is 1. The van der Waals surface area contributed by atoms with Gasteiger partial charge in [-0.25, -0.2) is 0 Å². The number of hydrogen-bond acceptors (Lipinski definition) is 3. The smallest absolute Gasteiger partial charge is 0.478 e. The molecule has 0 aliphatic carbocycles. The summed E-state index contributed by atoms with van der Waals surface area (Å²) in [6, 6.07) is 19.4. The second-order valence-corrected chi connectivity index (χ2v) is 3.86. The van der Waals surface area contributed by atoms with Gasteiger partial charge in [0, 0.05) is 0 Å². The van der Waals surface area contributed by atoms with Crippen LogP contribution in [0.2, 0.25) is 0 Å². The van der Waals surface area contributed by atoms with Crippen molar-refractivity contribution < 1.29 is 39.1 Å². The van der Waals surface area contributed by atoms with E-state index in [9.17, 15) is 4.79 Å². The summed E-state index contributed by atoms with van der Waals surface area (Å²) in [6.45, 7) is 1.19. The van der Waals surface area contributed by atoms with Crippen LogP contribution in [-0.2, 0) is 9.53 Å². The summed E-state index contributed by atoms with van der Waals surface area (Å²) in [5.74, 6) is -0.468. The molecule has 2 rings (SSSR count). The Morgan fingerprint density at radius 1 is 0.950 bits per heavy atom. The molecular weight excluding hydrogens is 261 g/mol. The van der Waals surface area contributed by atoms with Crippen molar-refractivity contribution in [3.05, 3.63) is 78.3 Å². The van der Waals surface area contributed by atoms with Crippen LogP contribution in [0, 0.1) is 6.54 Å². The predicted octanol–water partition coefficient (Wildman–Crippen LogP) is -0.137. The van der Waals surface area contributed by atoms with Crippen LogP contribution in [0.3, 0.4) is 0 Å². The fourth-order valence-electron chi connectivity index (χ4n) is 1.68. The zero-order valence-corrected chi connectivity index (χ0v) is 13.6. The van der Waals surface area contributed by atoms with Gasteiger partial charge in [-0.05, 0) is 6.54 Å². The molecule has 0 aliphatic rings. The molecule has 0 saturated carbocycles. The van der Waals surface area contributed by atoms with Crippen LogP contribution in [-0.4, -0.2) is 18.8 Å². The Balaban J connectivity index is 0.00000200. The predicted molar refractivity (Wildman–Crippen MR) is 74.8 cm³/mol. The van der Waals surface area contributed by atoms with Crippen molar-refractivity contribution >= 4 is 11.7 Å². The van der Waals surface area contributed by atoms with E-state index in [1.807, 2.05) is 60.7 Å². The van der Waals surface area contributed by atoms with Gasteiger partial charge >= 0.3 is 29.6 Å². The van der Waals surface area contributed by atoms with E-state index in [0.29, 0.717) is 0 Å². The van der Waals surface area contributed by atoms with E-state index < -0.39 is 5.97 Å². The van der Waals surface area contributed by atoms with Crippen LogP contribution < -0.4 is 29.6 Å². The molecule has 0 unspecified atom stereocenters. The fraction of sp³-hybridized carbons (Fsp3) is 0.0625. The molecule has 0 atom stereocenters. The number of hydrogen-bond donors (Lipinski definition) is 0. The fourth-order valence-corrected chi connectivity index (χ4v) is 1.68. The summed E-state index contributed by atoms with van der Waals surface area (Å²) in [4.78, 5) is 15.4. The summed E-state index contributed by atoms with van der Waals surface area (Å²) in [7, 11) is 1.33. The maximum Gasteiger partial charge on any atom is 1.00 e. The van der Waals surface area contributed by atoms with Crippen molar-refractivity contribution in [2.75, 3.05) is 7.11 Å². The molecule has 0 aromatic heterocycles. The van der Waals surface area contributed by atoms with Gasteiger partial charge in [-0.15, -0.1) is 0 Å². The third-order valence-electron chi connectivity index (χ3n) is 2.59. The normalized spacial score (nSPS) is 9.05. The van der Waals surface area contributed by atoms with E-state index >= 15 is 0 Å². The summed E-state index contributed by atoms with van der Waals surface area (Å²) in [5.41, 5.74) is 2.65. The maximum absolute atomic E-state index is 11.2. The molecule has 0 heterocycles. The molecular formula is C16H14NNaO2. The van der Waals surface area contributed by atoms with Crippen LogP contribution in [0.1, 0.15) is 11.1 Å². The van der Waals surface area contributed by atoms with Gasteiger partial charge in [0.1, 0.15) is 0 Å². The summed E-state index contributed by atoms with van der Waals surface area (Å²) in [5, 5.41) is 0. The number of ether oxygens (including phenoxy) is 1. The van der Waals surface area contributed by atoms with E-state index in [-0.39, 0.29) is 29.6 Å². The number of rotatable bonds is 4. The third kappa shape index (κ3) is 4.53. The van der Waals surface area contributed by atoms with Crippen molar-refractivity contribution in [3.8, 4) is 0 Å². The van der Waals surface area contributed by atoms with Crippen molar-refractivity contribution in [1.29, 1.82) is 0 Å². The third-order valence-corrected chi connectivity index (χ3v) is 2.59. The molecule has 3 nitrogen and oxygen atoms in total. The molecule has 0 amide bonds. The molecule has 96 valence electrons. The van der Waals surface area contributed by atoms with E-state index in [2.05, 4.69) is 9.73 Å². The van der Waals surface area contributed by atoms with Crippen molar-refractivity contribution in [2.45, 2.75) is 0 Å². The van der Waals surface area contributed by atoms with Crippen molar-refractivity contribution in [3.63, 3.8) is 0 Å². The Bertz CT molecular complexity index is 526. The average Bonchev–Trinajstić information content (AvgIpc) is 2.49. The van der Waals surface area contributed by atoms with E-state index in [0.717, 1.165) is 16.8 Å². The van der Waals surface area contributed by atoms with E-state index in [1.165, 1.54) is 13.7 Å². The van der Waals surface area contributed by atoms with Crippen LogP contribution in [0.4, 0.5) is 0 Å². The second kappa shape index (κ2) is 8.59. The molecule has 0 spiro atoms. The van der Waals surface area contributed by atoms with Gasteiger partial charge in [-0.1, -0.05) is 77.5 Å². The molecule has 0 saturated heterocycles. The van der Waals surface area contributed by atoms with Gasteiger partial charge < -0.3 is 9.73 Å². The topological polar surface area (TPSA) is 38.7 Å². The summed E-state index contributed by atoms with van der Waals surface area (Å²) in [6.07, 6.45) is 0. The molecule has 0 bridgehead atoms. The number of carbonyl (C=O) groups excluding carboxylic acids is 1. The first-order valence-corrected chi connectivity index (χ1v) is 5.91. The first kappa shape index (κ1) is 16.5.